The van der Waals surface area contributed by atoms with Crippen molar-refractivity contribution in [1.82, 2.24) is 14.0 Å². The average Bonchev–Trinajstić information content (AvgIpc) is 3.51. The third-order valence-corrected chi connectivity index (χ3v) is 5.31. The van der Waals surface area contributed by atoms with E-state index < -0.39 is 0 Å². The second kappa shape index (κ2) is 6.88. The summed E-state index contributed by atoms with van der Waals surface area (Å²) in [6, 6.07) is 13.2. The summed E-state index contributed by atoms with van der Waals surface area (Å²) in [5.74, 6) is 0.721. The van der Waals surface area contributed by atoms with E-state index in [2.05, 4.69) is 6.92 Å². The van der Waals surface area contributed by atoms with E-state index in [9.17, 15) is 9.18 Å². The average molecular weight is 389 g/mol. The van der Waals surface area contributed by atoms with Gasteiger partial charge in [-0.15, -0.1) is 0 Å². The fourth-order valence-electron chi connectivity index (χ4n) is 3.61. The Balaban J connectivity index is 1.41. The van der Waals surface area contributed by atoms with Crippen LogP contribution in [0.15, 0.2) is 65.7 Å². The number of benzene rings is 1. The van der Waals surface area contributed by atoms with Crippen molar-refractivity contribution in [3.63, 3.8) is 0 Å². The van der Waals surface area contributed by atoms with Crippen molar-refractivity contribution in [2.24, 2.45) is 0 Å². The first-order chi connectivity index (χ1) is 14.1. The fourth-order valence-corrected chi connectivity index (χ4v) is 3.61. The van der Waals surface area contributed by atoms with Gasteiger partial charge in [-0.05, 0) is 55.7 Å². The number of nitrogens with zero attached hydrogens (tertiary/aromatic N) is 3. The minimum Gasteiger partial charge on any atom is -0.489 e. The zero-order chi connectivity index (χ0) is 20.0. The van der Waals surface area contributed by atoms with Crippen LogP contribution in [-0.4, -0.2) is 14.0 Å². The van der Waals surface area contributed by atoms with E-state index in [1.54, 1.807) is 29.0 Å². The summed E-state index contributed by atoms with van der Waals surface area (Å²) >= 11 is 0. The Morgan fingerprint density at radius 2 is 2.03 bits per heavy atom. The van der Waals surface area contributed by atoms with Crippen molar-refractivity contribution in [2.45, 2.75) is 32.3 Å². The van der Waals surface area contributed by atoms with Crippen LogP contribution in [0.25, 0.3) is 11.3 Å². The van der Waals surface area contributed by atoms with Crippen LogP contribution >= 0.6 is 0 Å². The highest BCUT2D eigenvalue weighted by Gasteiger charge is 2.28. The number of rotatable bonds is 5. The molecule has 4 aromatic rings. The molecule has 1 aliphatic carbocycles. The zero-order valence-corrected chi connectivity index (χ0v) is 16.0. The van der Waals surface area contributed by atoms with Gasteiger partial charge in [-0.25, -0.2) is 9.37 Å². The molecule has 29 heavy (non-hydrogen) atoms. The highest BCUT2D eigenvalue weighted by molar-refractivity contribution is 5.49. The van der Waals surface area contributed by atoms with E-state index >= 15 is 0 Å². The molecule has 5 rings (SSSR count). The molecule has 5 nitrogen and oxygen atoms in total. The Bertz CT molecular complexity index is 1270. The number of halogens is 1. The SMILES string of the molecule is Cc1c(C2CC2)nc2ccc(-n3ccc(OCc4cccc(F)c4)cc3=O)cn12. The molecular formula is C23H20FN3O2. The molecule has 0 spiro atoms. The maximum atomic E-state index is 13.3. The van der Waals surface area contributed by atoms with Gasteiger partial charge in [-0.3, -0.25) is 9.36 Å². The summed E-state index contributed by atoms with van der Waals surface area (Å²) in [6.07, 6.45) is 6.04. The molecule has 0 amide bonds. The van der Waals surface area contributed by atoms with E-state index in [0.717, 1.165) is 22.7 Å². The minimum atomic E-state index is -0.309. The zero-order valence-electron chi connectivity index (χ0n) is 16.0. The number of hydrogen-bond donors (Lipinski definition) is 0. The summed E-state index contributed by atoms with van der Waals surface area (Å²) in [6.45, 7) is 2.27. The summed E-state index contributed by atoms with van der Waals surface area (Å²) in [7, 11) is 0. The largest absolute Gasteiger partial charge is 0.489 e. The first kappa shape index (κ1) is 17.7. The third-order valence-electron chi connectivity index (χ3n) is 5.31. The summed E-state index contributed by atoms with van der Waals surface area (Å²) in [5.41, 5.74) is 4.48. The molecule has 0 N–H and O–H groups in total. The molecule has 1 aromatic carbocycles. The lowest BCUT2D eigenvalue weighted by molar-refractivity contribution is 0.304. The van der Waals surface area contributed by atoms with Crippen LogP contribution in [0.2, 0.25) is 0 Å². The molecule has 1 aliphatic rings. The van der Waals surface area contributed by atoms with Crippen LogP contribution < -0.4 is 10.3 Å². The molecule has 6 heteroatoms. The lowest BCUT2D eigenvalue weighted by atomic mass is 10.2. The highest BCUT2D eigenvalue weighted by Crippen LogP contribution is 2.41. The molecule has 0 bridgehead atoms. The molecule has 0 aliphatic heterocycles. The Kier molecular flexibility index (Phi) is 4.19. The molecule has 3 aromatic heterocycles. The second-order valence-corrected chi connectivity index (χ2v) is 7.46. The van der Waals surface area contributed by atoms with Gasteiger partial charge >= 0.3 is 0 Å². The normalized spacial score (nSPS) is 13.7. The van der Waals surface area contributed by atoms with Gasteiger partial charge in [0, 0.05) is 30.1 Å². The van der Waals surface area contributed by atoms with Crippen molar-refractivity contribution in [2.75, 3.05) is 0 Å². The van der Waals surface area contributed by atoms with Crippen molar-refractivity contribution in [3.05, 3.63) is 94.0 Å². The maximum absolute atomic E-state index is 13.3. The molecule has 3 heterocycles. The number of aromatic nitrogens is 3. The Morgan fingerprint density at radius 3 is 2.79 bits per heavy atom. The van der Waals surface area contributed by atoms with Gasteiger partial charge in [0.1, 0.15) is 23.8 Å². The van der Waals surface area contributed by atoms with E-state index in [1.165, 1.54) is 31.0 Å². The van der Waals surface area contributed by atoms with Crippen LogP contribution in [0, 0.1) is 12.7 Å². The van der Waals surface area contributed by atoms with E-state index in [-0.39, 0.29) is 18.0 Å². The predicted molar refractivity (Wildman–Crippen MR) is 108 cm³/mol. The van der Waals surface area contributed by atoms with Gasteiger partial charge in [-0.2, -0.15) is 0 Å². The Labute approximate surface area is 167 Å². The number of hydrogen-bond acceptors (Lipinski definition) is 3. The lowest BCUT2D eigenvalue weighted by Crippen LogP contribution is -2.17. The minimum absolute atomic E-state index is 0.193. The van der Waals surface area contributed by atoms with Gasteiger partial charge in [0.05, 0.1) is 11.4 Å². The topological polar surface area (TPSA) is 48.5 Å². The molecule has 1 saturated carbocycles. The van der Waals surface area contributed by atoms with Gasteiger partial charge in [0.15, 0.2) is 0 Å². The first-order valence-electron chi connectivity index (χ1n) is 9.67. The number of pyridine rings is 2. The number of fused-ring (bicyclic) bond motifs is 1. The molecule has 0 saturated heterocycles. The number of ether oxygens (including phenoxy) is 1. The summed E-state index contributed by atoms with van der Waals surface area (Å²) in [5, 5.41) is 0. The second-order valence-electron chi connectivity index (χ2n) is 7.46. The summed E-state index contributed by atoms with van der Waals surface area (Å²) < 4.78 is 22.5. The van der Waals surface area contributed by atoms with Crippen LogP contribution in [0.4, 0.5) is 4.39 Å². The van der Waals surface area contributed by atoms with Crippen molar-refractivity contribution < 1.29 is 9.13 Å². The van der Waals surface area contributed by atoms with Crippen LogP contribution in [-0.2, 0) is 6.61 Å². The summed E-state index contributed by atoms with van der Waals surface area (Å²) in [4.78, 5) is 17.4. The van der Waals surface area contributed by atoms with Gasteiger partial charge in [0.2, 0.25) is 0 Å². The molecule has 0 unspecified atom stereocenters. The monoisotopic (exact) mass is 389 g/mol. The lowest BCUT2D eigenvalue weighted by Gasteiger charge is -2.10. The first-order valence-corrected chi connectivity index (χ1v) is 9.67. The Morgan fingerprint density at radius 1 is 1.17 bits per heavy atom. The van der Waals surface area contributed by atoms with Crippen LogP contribution in [0.1, 0.15) is 35.7 Å². The number of aryl methyl sites for hydroxylation is 1. The molecule has 0 radical (unpaired) electrons. The van der Waals surface area contributed by atoms with Crippen LogP contribution in [0.5, 0.6) is 5.75 Å². The quantitative estimate of drug-likeness (QED) is 0.509. The molecule has 0 atom stereocenters. The third kappa shape index (κ3) is 3.42. The standard InChI is InChI=1S/C23H20FN3O2/c1-15-23(17-5-6-17)25-21-8-7-19(13-27(15)21)26-10-9-20(12-22(26)28)29-14-16-3-2-4-18(24)11-16/h2-4,7-13,17H,5-6,14H2,1H3. The molecular weight excluding hydrogens is 369 g/mol. The fraction of sp³-hybridized carbons (Fsp3) is 0.217. The predicted octanol–water partition coefficient (Wildman–Crippen LogP) is 4.39. The van der Waals surface area contributed by atoms with Gasteiger partial charge < -0.3 is 9.14 Å². The Hall–Kier alpha value is -3.41. The van der Waals surface area contributed by atoms with Crippen LogP contribution in [0.3, 0.4) is 0 Å². The smallest absolute Gasteiger partial charge is 0.258 e. The van der Waals surface area contributed by atoms with Crippen molar-refractivity contribution >= 4 is 5.65 Å². The molecule has 1 fully saturated rings. The van der Waals surface area contributed by atoms with Gasteiger partial charge in [0.25, 0.3) is 5.56 Å². The highest BCUT2D eigenvalue weighted by atomic mass is 19.1. The molecule has 146 valence electrons. The maximum Gasteiger partial charge on any atom is 0.258 e. The number of imidazole rings is 1. The van der Waals surface area contributed by atoms with Crippen molar-refractivity contribution in [1.29, 1.82) is 0 Å². The van der Waals surface area contributed by atoms with E-state index in [1.807, 2.05) is 22.7 Å². The van der Waals surface area contributed by atoms with Crippen molar-refractivity contribution in [3.8, 4) is 11.4 Å². The van der Waals surface area contributed by atoms with Gasteiger partial charge in [-0.1, -0.05) is 12.1 Å². The van der Waals surface area contributed by atoms with E-state index in [0.29, 0.717) is 17.2 Å². The van der Waals surface area contributed by atoms with E-state index in [4.69, 9.17) is 9.72 Å².